The van der Waals surface area contributed by atoms with Crippen LogP contribution in [-0.4, -0.2) is 42.1 Å². The van der Waals surface area contributed by atoms with Gasteiger partial charge < -0.3 is 24.7 Å². The number of hydrogen-bond donors (Lipinski definition) is 3. The van der Waals surface area contributed by atoms with Crippen LogP contribution in [-0.2, 0) is 11.3 Å². The molecule has 0 aliphatic carbocycles. The van der Waals surface area contributed by atoms with Gasteiger partial charge in [0.25, 0.3) is 5.91 Å². The number of aromatic hydroxyl groups is 1. The fourth-order valence-corrected chi connectivity index (χ4v) is 4.28. The number of hydrogen-bond acceptors (Lipinski definition) is 4. The van der Waals surface area contributed by atoms with Gasteiger partial charge in [-0.05, 0) is 53.3 Å². The molecule has 7 heteroatoms. The predicted octanol–water partition coefficient (Wildman–Crippen LogP) is 4.01. The van der Waals surface area contributed by atoms with Gasteiger partial charge in [-0.3, -0.25) is 4.79 Å². The van der Waals surface area contributed by atoms with Crippen LogP contribution in [0.5, 0.6) is 5.75 Å². The average molecular weight is 414 g/mol. The van der Waals surface area contributed by atoms with Crippen LogP contribution < -0.4 is 0 Å². The number of aliphatic hydroxyl groups excluding tert-OH is 1. The molecule has 2 aromatic heterocycles. The van der Waals surface area contributed by atoms with Crippen molar-refractivity contribution < 1.29 is 15.0 Å². The van der Waals surface area contributed by atoms with Crippen LogP contribution in [0, 0.1) is 0 Å². The zero-order chi connectivity index (χ0) is 21.4. The van der Waals surface area contributed by atoms with E-state index in [2.05, 4.69) is 9.97 Å². The number of nitrogens with one attached hydrogen (secondary N) is 1. The van der Waals surface area contributed by atoms with E-state index < -0.39 is 11.9 Å². The maximum atomic E-state index is 13.1. The summed E-state index contributed by atoms with van der Waals surface area (Å²) in [5.41, 5.74) is 3.05. The number of fused-ring (bicyclic) bond motifs is 1. The van der Waals surface area contributed by atoms with Gasteiger partial charge in [0.15, 0.2) is 5.76 Å². The molecule has 5 rings (SSSR count). The molecule has 156 valence electrons. The second kappa shape index (κ2) is 7.68. The van der Waals surface area contributed by atoms with Crippen molar-refractivity contribution in [1.82, 2.24) is 19.4 Å². The first-order chi connectivity index (χ1) is 15.1. The van der Waals surface area contributed by atoms with Crippen molar-refractivity contribution in [3.05, 3.63) is 90.3 Å². The zero-order valence-electron chi connectivity index (χ0n) is 16.8. The third-order valence-corrected chi connectivity index (χ3v) is 5.73. The van der Waals surface area contributed by atoms with Gasteiger partial charge in [-0.2, -0.15) is 0 Å². The standard InChI is InChI=1S/C24H22N4O3/c29-19-4-1-3-17(14-19)21-22(18-5-6-20-16(13-18)7-8-26-20)28(24(31)23(21)30)11-2-10-27-12-9-25-15-27/h1,3-9,12-15,22,26,29-30H,2,10-11H2. The quantitative estimate of drug-likeness (QED) is 0.444. The van der Waals surface area contributed by atoms with Gasteiger partial charge >= 0.3 is 0 Å². The second-order valence-electron chi connectivity index (χ2n) is 7.69. The lowest BCUT2D eigenvalue weighted by Gasteiger charge is -2.27. The Morgan fingerprint density at radius 2 is 1.97 bits per heavy atom. The van der Waals surface area contributed by atoms with Crippen molar-refractivity contribution in [2.45, 2.75) is 19.0 Å². The fourth-order valence-electron chi connectivity index (χ4n) is 4.28. The monoisotopic (exact) mass is 414 g/mol. The van der Waals surface area contributed by atoms with E-state index >= 15 is 0 Å². The number of phenols is 1. The Morgan fingerprint density at radius 3 is 2.77 bits per heavy atom. The highest BCUT2D eigenvalue weighted by atomic mass is 16.3. The summed E-state index contributed by atoms with van der Waals surface area (Å²) in [6, 6.07) is 14.2. The number of nitrogens with zero attached hydrogens (tertiary/aromatic N) is 3. The van der Waals surface area contributed by atoms with Gasteiger partial charge in [-0.1, -0.05) is 18.2 Å². The first kappa shape index (κ1) is 19.0. The van der Waals surface area contributed by atoms with Crippen LogP contribution in [0.2, 0.25) is 0 Å². The predicted molar refractivity (Wildman–Crippen MR) is 117 cm³/mol. The van der Waals surface area contributed by atoms with E-state index in [-0.39, 0.29) is 11.5 Å². The smallest absolute Gasteiger partial charge is 0.289 e. The lowest BCUT2D eigenvalue weighted by molar-refractivity contribution is -0.129. The van der Waals surface area contributed by atoms with Crippen molar-refractivity contribution in [2.24, 2.45) is 0 Å². The number of aromatic nitrogens is 3. The third kappa shape index (κ3) is 3.44. The maximum absolute atomic E-state index is 13.1. The van der Waals surface area contributed by atoms with E-state index in [9.17, 15) is 15.0 Å². The Morgan fingerprint density at radius 1 is 1.06 bits per heavy atom. The maximum Gasteiger partial charge on any atom is 0.289 e. The largest absolute Gasteiger partial charge is 0.508 e. The van der Waals surface area contributed by atoms with Crippen molar-refractivity contribution in [2.75, 3.05) is 6.54 Å². The van der Waals surface area contributed by atoms with Crippen LogP contribution in [0.1, 0.15) is 23.6 Å². The molecule has 0 fully saturated rings. The number of carbonyl (C=O) groups excluding carboxylic acids is 1. The summed E-state index contributed by atoms with van der Waals surface area (Å²) in [6.45, 7) is 1.19. The van der Waals surface area contributed by atoms with Crippen LogP contribution in [0.3, 0.4) is 0 Å². The summed E-state index contributed by atoms with van der Waals surface area (Å²) >= 11 is 0. The lowest BCUT2D eigenvalue weighted by atomic mass is 9.92. The first-order valence-corrected chi connectivity index (χ1v) is 10.2. The molecule has 0 bridgehead atoms. The number of benzene rings is 2. The van der Waals surface area contributed by atoms with Crippen LogP contribution in [0.25, 0.3) is 16.5 Å². The minimum atomic E-state index is -0.448. The molecular formula is C24H22N4O3. The molecule has 1 aliphatic heterocycles. The number of carbonyl (C=O) groups is 1. The number of aryl methyl sites for hydroxylation is 1. The van der Waals surface area contributed by atoms with E-state index in [1.807, 2.05) is 41.2 Å². The molecular weight excluding hydrogens is 392 g/mol. The van der Waals surface area contributed by atoms with Gasteiger partial charge in [0.2, 0.25) is 0 Å². The Balaban J connectivity index is 1.54. The summed E-state index contributed by atoms with van der Waals surface area (Å²) < 4.78 is 1.96. The van der Waals surface area contributed by atoms with Crippen LogP contribution in [0.4, 0.5) is 0 Å². The van der Waals surface area contributed by atoms with Crippen molar-refractivity contribution >= 4 is 22.4 Å². The average Bonchev–Trinajstić information content (AvgIpc) is 3.50. The Hall–Kier alpha value is -4.00. The SMILES string of the molecule is O=C1C(O)=C(c2cccc(O)c2)C(c2ccc3[nH]ccc3c2)N1CCCn1ccnc1. The van der Waals surface area contributed by atoms with Crippen molar-refractivity contribution in [3.8, 4) is 5.75 Å². The highest BCUT2D eigenvalue weighted by Gasteiger charge is 2.40. The zero-order valence-corrected chi connectivity index (χ0v) is 16.8. The highest BCUT2D eigenvalue weighted by molar-refractivity contribution is 6.05. The molecule has 0 saturated carbocycles. The molecule has 4 aromatic rings. The summed E-state index contributed by atoms with van der Waals surface area (Å²) in [7, 11) is 0. The minimum absolute atomic E-state index is 0.0867. The van der Waals surface area contributed by atoms with E-state index in [0.717, 1.165) is 23.0 Å². The van der Waals surface area contributed by atoms with Gasteiger partial charge in [0.05, 0.1) is 12.4 Å². The molecule has 1 amide bonds. The van der Waals surface area contributed by atoms with Gasteiger partial charge in [0, 0.05) is 42.8 Å². The molecule has 31 heavy (non-hydrogen) atoms. The number of aliphatic hydroxyl groups is 1. The third-order valence-electron chi connectivity index (χ3n) is 5.73. The Labute approximate surface area is 178 Å². The van der Waals surface area contributed by atoms with E-state index in [0.29, 0.717) is 24.1 Å². The molecule has 0 saturated heterocycles. The first-order valence-electron chi connectivity index (χ1n) is 10.2. The van der Waals surface area contributed by atoms with Crippen LogP contribution >= 0.6 is 0 Å². The Bertz CT molecular complexity index is 1270. The number of phenolic OH excluding ortho intramolecular Hbond substituents is 1. The molecule has 3 N–H and O–H groups in total. The minimum Gasteiger partial charge on any atom is -0.508 e. The highest BCUT2D eigenvalue weighted by Crippen LogP contribution is 2.44. The molecule has 3 heterocycles. The van der Waals surface area contributed by atoms with Gasteiger partial charge in [-0.25, -0.2) is 4.98 Å². The van der Waals surface area contributed by atoms with Gasteiger partial charge in [-0.15, -0.1) is 0 Å². The Kier molecular flexibility index (Phi) is 4.71. The molecule has 1 unspecified atom stereocenters. The topological polar surface area (TPSA) is 94.4 Å². The molecule has 0 spiro atoms. The molecule has 7 nitrogen and oxygen atoms in total. The second-order valence-corrected chi connectivity index (χ2v) is 7.69. The number of imidazole rings is 1. The summed E-state index contributed by atoms with van der Waals surface area (Å²) in [4.78, 5) is 22.0. The van der Waals surface area contributed by atoms with E-state index in [1.165, 1.54) is 0 Å². The number of amides is 1. The summed E-state index contributed by atoms with van der Waals surface area (Å²) in [5, 5.41) is 21.9. The number of aromatic amines is 1. The van der Waals surface area contributed by atoms with Crippen molar-refractivity contribution in [1.29, 1.82) is 0 Å². The van der Waals surface area contributed by atoms with Crippen molar-refractivity contribution in [3.63, 3.8) is 0 Å². The van der Waals surface area contributed by atoms with E-state index in [4.69, 9.17) is 0 Å². The molecule has 2 aromatic carbocycles. The molecule has 1 atom stereocenters. The van der Waals surface area contributed by atoms with Crippen LogP contribution in [0.15, 0.2) is 79.2 Å². The van der Waals surface area contributed by atoms with Gasteiger partial charge in [0.1, 0.15) is 5.75 Å². The normalized spacial score (nSPS) is 16.6. The number of H-pyrrole nitrogens is 1. The van der Waals surface area contributed by atoms with E-state index in [1.54, 1.807) is 41.7 Å². The lowest BCUT2D eigenvalue weighted by Crippen LogP contribution is -2.31. The molecule has 0 radical (unpaired) electrons. The number of rotatable bonds is 6. The summed E-state index contributed by atoms with van der Waals surface area (Å²) in [6.07, 6.45) is 7.95. The fraction of sp³-hybridized carbons (Fsp3) is 0.167. The molecule has 1 aliphatic rings. The summed E-state index contributed by atoms with van der Waals surface area (Å²) in [5.74, 6) is -0.584.